The molecule has 1 fully saturated rings. The Kier molecular flexibility index (Phi) is 5.43. The Hall–Kier alpha value is -2.19. The van der Waals surface area contributed by atoms with Gasteiger partial charge in [0, 0.05) is 25.6 Å². The number of piperidine rings is 1. The van der Waals surface area contributed by atoms with Crippen LogP contribution in [-0.2, 0) is 16.4 Å². The van der Waals surface area contributed by atoms with Crippen molar-refractivity contribution in [3.05, 3.63) is 53.7 Å². The molecule has 1 aromatic carbocycles. The number of aryl methyl sites for hydroxylation is 1. The van der Waals surface area contributed by atoms with Crippen LogP contribution in [0.5, 0.6) is 0 Å². The lowest BCUT2D eigenvalue weighted by molar-refractivity contribution is 0.0677. The molecule has 0 aliphatic carbocycles. The van der Waals surface area contributed by atoms with Crippen molar-refractivity contribution in [1.82, 2.24) is 9.62 Å². The standard InChI is InChI=1S/C18H21FN2O4S/c1-2-15-5-8-17(25-15)18(22)21-11-9-14(10-12-21)20-26(23,24)16-6-3-13(19)4-7-16/h3-8,14,20H,2,9-12H2,1H3. The Morgan fingerprint density at radius 2 is 1.85 bits per heavy atom. The first-order chi connectivity index (χ1) is 12.4. The van der Waals surface area contributed by atoms with E-state index < -0.39 is 15.8 Å². The highest BCUT2D eigenvalue weighted by Gasteiger charge is 2.28. The minimum atomic E-state index is -3.71. The molecule has 6 nitrogen and oxygen atoms in total. The second-order valence-electron chi connectivity index (χ2n) is 6.26. The van der Waals surface area contributed by atoms with Gasteiger partial charge < -0.3 is 9.32 Å². The van der Waals surface area contributed by atoms with E-state index in [2.05, 4.69) is 4.72 Å². The Labute approximate surface area is 152 Å². The Morgan fingerprint density at radius 3 is 2.42 bits per heavy atom. The molecule has 0 spiro atoms. The molecule has 140 valence electrons. The van der Waals surface area contributed by atoms with Gasteiger partial charge >= 0.3 is 0 Å². The molecule has 0 bridgehead atoms. The second kappa shape index (κ2) is 7.59. The smallest absolute Gasteiger partial charge is 0.289 e. The molecule has 1 amide bonds. The lowest BCUT2D eigenvalue weighted by Gasteiger charge is -2.31. The monoisotopic (exact) mass is 380 g/mol. The van der Waals surface area contributed by atoms with Gasteiger partial charge in [-0.3, -0.25) is 4.79 Å². The van der Waals surface area contributed by atoms with E-state index in [-0.39, 0.29) is 16.8 Å². The highest BCUT2D eigenvalue weighted by Crippen LogP contribution is 2.18. The summed E-state index contributed by atoms with van der Waals surface area (Å²) in [5, 5.41) is 0. The fourth-order valence-corrected chi connectivity index (χ4v) is 4.25. The van der Waals surface area contributed by atoms with Crippen molar-refractivity contribution in [3.63, 3.8) is 0 Å². The molecule has 0 saturated carbocycles. The number of amides is 1. The first-order valence-electron chi connectivity index (χ1n) is 8.55. The quantitative estimate of drug-likeness (QED) is 0.865. The largest absolute Gasteiger partial charge is 0.456 e. The van der Waals surface area contributed by atoms with Crippen LogP contribution in [0.2, 0.25) is 0 Å². The van der Waals surface area contributed by atoms with E-state index in [0.29, 0.717) is 31.7 Å². The van der Waals surface area contributed by atoms with Gasteiger partial charge in [0.2, 0.25) is 10.0 Å². The zero-order valence-electron chi connectivity index (χ0n) is 14.4. The molecule has 3 rings (SSSR count). The zero-order chi connectivity index (χ0) is 18.7. The second-order valence-corrected chi connectivity index (χ2v) is 7.98. The maximum Gasteiger partial charge on any atom is 0.289 e. The van der Waals surface area contributed by atoms with Crippen LogP contribution in [0, 0.1) is 5.82 Å². The van der Waals surface area contributed by atoms with Gasteiger partial charge in [-0.25, -0.2) is 17.5 Å². The van der Waals surface area contributed by atoms with E-state index in [9.17, 15) is 17.6 Å². The summed E-state index contributed by atoms with van der Waals surface area (Å²) < 4.78 is 45.8. The van der Waals surface area contributed by atoms with Crippen LogP contribution < -0.4 is 4.72 Å². The first kappa shape index (κ1) is 18.6. The number of hydrogen-bond acceptors (Lipinski definition) is 4. The summed E-state index contributed by atoms with van der Waals surface area (Å²) in [6.45, 7) is 2.83. The molecule has 2 heterocycles. The third-order valence-corrected chi connectivity index (χ3v) is 5.99. The summed E-state index contributed by atoms with van der Waals surface area (Å²) >= 11 is 0. The number of rotatable bonds is 5. The zero-order valence-corrected chi connectivity index (χ0v) is 15.3. The lowest BCUT2D eigenvalue weighted by atomic mass is 10.1. The van der Waals surface area contributed by atoms with E-state index in [0.717, 1.165) is 24.3 Å². The Bertz CT molecular complexity index is 869. The molecule has 0 radical (unpaired) electrons. The van der Waals surface area contributed by atoms with Crippen molar-refractivity contribution < 1.29 is 22.0 Å². The molecule has 8 heteroatoms. The molecular formula is C18H21FN2O4S. The summed E-state index contributed by atoms with van der Waals surface area (Å²) in [6, 6.07) is 7.89. The van der Waals surface area contributed by atoms with E-state index in [1.165, 1.54) is 12.1 Å². The SMILES string of the molecule is CCc1ccc(C(=O)N2CCC(NS(=O)(=O)c3ccc(F)cc3)CC2)o1. The van der Waals surface area contributed by atoms with Gasteiger partial charge in [0.05, 0.1) is 4.90 Å². The average molecular weight is 380 g/mol. The van der Waals surface area contributed by atoms with Gasteiger partial charge in [-0.1, -0.05) is 6.92 Å². The molecule has 1 aromatic heterocycles. The van der Waals surface area contributed by atoms with Crippen LogP contribution in [0.4, 0.5) is 4.39 Å². The van der Waals surface area contributed by atoms with Crippen LogP contribution in [0.25, 0.3) is 0 Å². The fourth-order valence-electron chi connectivity index (χ4n) is 2.94. The van der Waals surface area contributed by atoms with Crippen LogP contribution >= 0.6 is 0 Å². The van der Waals surface area contributed by atoms with Crippen molar-refractivity contribution in [3.8, 4) is 0 Å². The first-order valence-corrected chi connectivity index (χ1v) is 10.0. The van der Waals surface area contributed by atoms with E-state index in [1.54, 1.807) is 17.0 Å². The number of hydrogen-bond donors (Lipinski definition) is 1. The van der Waals surface area contributed by atoms with Gasteiger partial charge in [0.1, 0.15) is 11.6 Å². The normalized spacial score (nSPS) is 16.0. The molecule has 1 aliphatic rings. The third kappa shape index (κ3) is 4.13. The van der Waals surface area contributed by atoms with Crippen molar-refractivity contribution in [1.29, 1.82) is 0 Å². The summed E-state index contributed by atoms with van der Waals surface area (Å²) in [5.41, 5.74) is 0. The van der Waals surface area contributed by atoms with Crippen LogP contribution in [0.3, 0.4) is 0 Å². The summed E-state index contributed by atoms with van der Waals surface area (Å²) in [7, 11) is -3.71. The maximum atomic E-state index is 13.0. The number of carbonyl (C=O) groups is 1. The average Bonchev–Trinajstić information content (AvgIpc) is 3.11. The molecule has 1 saturated heterocycles. The lowest BCUT2D eigenvalue weighted by Crippen LogP contribution is -2.46. The summed E-state index contributed by atoms with van der Waals surface area (Å²) in [6.07, 6.45) is 1.74. The van der Waals surface area contributed by atoms with Gasteiger partial charge in [-0.15, -0.1) is 0 Å². The molecule has 1 N–H and O–H groups in total. The molecule has 0 unspecified atom stereocenters. The number of carbonyl (C=O) groups excluding carboxylic acids is 1. The highest BCUT2D eigenvalue weighted by atomic mass is 32.2. The van der Waals surface area contributed by atoms with Gasteiger partial charge in [-0.05, 0) is 49.2 Å². The topological polar surface area (TPSA) is 79.6 Å². The van der Waals surface area contributed by atoms with Crippen molar-refractivity contribution in [2.75, 3.05) is 13.1 Å². The Morgan fingerprint density at radius 1 is 1.19 bits per heavy atom. The van der Waals surface area contributed by atoms with Crippen LogP contribution in [-0.4, -0.2) is 38.4 Å². The highest BCUT2D eigenvalue weighted by molar-refractivity contribution is 7.89. The molecular weight excluding hydrogens is 359 g/mol. The number of sulfonamides is 1. The minimum Gasteiger partial charge on any atom is -0.456 e. The maximum absolute atomic E-state index is 13.0. The van der Waals surface area contributed by atoms with Crippen molar-refractivity contribution in [2.45, 2.75) is 37.1 Å². The Balaban J connectivity index is 1.58. The van der Waals surface area contributed by atoms with Crippen molar-refractivity contribution >= 4 is 15.9 Å². The number of likely N-dealkylation sites (tertiary alicyclic amines) is 1. The summed E-state index contributed by atoms with van der Waals surface area (Å²) in [5.74, 6) is 0.409. The van der Waals surface area contributed by atoms with Crippen LogP contribution in [0.1, 0.15) is 36.1 Å². The number of benzene rings is 1. The molecule has 0 atom stereocenters. The number of nitrogens with one attached hydrogen (secondary N) is 1. The van der Waals surface area contributed by atoms with E-state index in [1.807, 2.05) is 6.92 Å². The minimum absolute atomic E-state index is 0.0279. The van der Waals surface area contributed by atoms with Gasteiger partial charge in [0.15, 0.2) is 5.76 Å². The number of halogens is 1. The molecule has 2 aromatic rings. The van der Waals surface area contributed by atoms with Crippen LogP contribution in [0.15, 0.2) is 45.7 Å². The van der Waals surface area contributed by atoms with E-state index >= 15 is 0 Å². The molecule has 26 heavy (non-hydrogen) atoms. The number of nitrogens with zero attached hydrogens (tertiary/aromatic N) is 1. The van der Waals surface area contributed by atoms with Gasteiger partial charge in [-0.2, -0.15) is 0 Å². The predicted molar refractivity (Wildman–Crippen MR) is 93.7 cm³/mol. The van der Waals surface area contributed by atoms with E-state index in [4.69, 9.17) is 4.42 Å². The van der Waals surface area contributed by atoms with Gasteiger partial charge in [0.25, 0.3) is 5.91 Å². The third-order valence-electron chi connectivity index (χ3n) is 4.45. The van der Waals surface area contributed by atoms with Crippen molar-refractivity contribution in [2.24, 2.45) is 0 Å². The predicted octanol–water partition coefficient (Wildman–Crippen LogP) is 2.56. The molecule has 1 aliphatic heterocycles. The summed E-state index contributed by atoms with van der Waals surface area (Å²) in [4.78, 5) is 14.1. The fraction of sp³-hybridized carbons (Fsp3) is 0.389. The number of furan rings is 1.